The largest absolute Gasteiger partial charge is 0.288 e. The van der Waals surface area contributed by atoms with Gasteiger partial charge in [0.2, 0.25) is 5.78 Å². The first-order valence-corrected chi connectivity index (χ1v) is 5.58. The van der Waals surface area contributed by atoms with Gasteiger partial charge in [0, 0.05) is 18.0 Å². The fourth-order valence-electron chi connectivity index (χ4n) is 1.30. The van der Waals surface area contributed by atoms with Crippen LogP contribution in [0.4, 0.5) is 0 Å². The number of carbonyl (C=O) groups is 1. The molecule has 2 nitrogen and oxygen atoms in total. The molecule has 0 spiro atoms. The van der Waals surface area contributed by atoms with Crippen LogP contribution in [-0.4, -0.2) is 10.8 Å². The molecule has 4 heteroatoms. The van der Waals surface area contributed by atoms with E-state index in [-0.39, 0.29) is 5.78 Å². The van der Waals surface area contributed by atoms with Crippen LogP contribution in [0.15, 0.2) is 30.6 Å². The first-order valence-electron chi connectivity index (χ1n) is 4.39. The van der Waals surface area contributed by atoms with Crippen LogP contribution in [0.1, 0.15) is 20.8 Å². The molecule has 0 amide bonds. The molecule has 0 saturated carbocycles. The fourth-order valence-corrected chi connectivity index (χ4v) is 2.29. The van der Waals surface area contributed by atoms with E-state index in [1.165, 1.54) is 11.3 Å². The molecule has 0 fully saturated rings. The second-order valence-corrected chi connectivity index (χ2v) is 4.84. The summed E-state index contributed by atoms with van der Waals surface area (Å²) in [6.45, 7) is 1.87. The number of hydrogen-bond donors (Lipinski definition) is 0. The summed E-state index contributed by atoms with van der Waals surface area (Å²) in [6, 6.07) is 5.20. The van der Waals surface area contributed by atoms with Gasteiger partial charge in [-0.3, -0.25) is 9.78 Å². The Balaban J connectivity index is 2.41. The van der Waals surface area contributed by atoms with E-state index in [0.717, 1.165) is 5.56 Å². The number of aryl methyl sites for hydroxylation is 1. The van der Waals surface area contributed by atoms with Crippen LogP contribution < -0.4 is 0 Å². The number of ketones is 1. The van der Waals surface area contributed by atoms with Crippen molar-refractivity contribution in [3.63, 3.8) is 0 Å². The van der Waals surface area contributed by atoms with Crippen molar-refractivity contribution in [2.24, 2.45) is 0 Å². The molecule has 15 heavy (non-hydrogen) atoms. The molecule has 2 aromatic rings. The van der Waals surface area contributed by atoms with Crippen LogP contribution in [0.3, 0.4) is 0 Å². The molecule has 0 unspecified atom stereocenters. The third-order valence-corrected chi connectivity index (χ3v) is 3.29. The van der Waals surface area contributed by atoms with Crippen LogP contribution in [0.5, 0.6) is 0 Å². The first kappa shape index (κ1) is 10.3. The monoisotopic (exact) mass is 237 g/mol. The number of halogens is 1. The minimum absolute atomic E-state index is 0.00630. The Morgan fingerprint density at radius 1 is 1.40 bits per heavy atom. The Labute approximate surface area is 96.5 Å². The van der Waals surface area contributed by atoms with E-state index in [9.17, 15) is 4.79 Å². The first-order chi connectivity index (χ1) is 7.18. The highest BCUT2D eigenvalue weighted by molar-refractivity contribution is 7.18. The second kappa shape index (κ2) is 4.13. The summed E-state index contributed by atoms with van der Waals surface area (Å²) in [5.74, 6) is 0.00630. The number of carbonyl (C=O) groups excluding carboxylic acids is 1. The number of rotatable bonds is 2. The smallest absolute Gasteiger partial charge is 0.203 e. The number of aromatic nitrogens is 1. The van der Waals surface area contributed by atoms with Gasteiger partial charge in [0.05, 0.1) is 9.21 Å². The predicted octanol–water partition coefficient (Wildman–Crippen LogP) is 3.34. The van der Waals surface area contributed by atoms with Crippen molar-refractivity contribution in [2.75, 3.05) is 0 Å². The minimum Gasteiger partial charge on any atom is -0.288 e. The van der Waals surface area contributed by atoms with Gasteiger partial charge in [-0.2, -0.15) is 0 Å². The minimum atomic E-state index is 0.00630. The lowest BCUT2D eigenvalue weighted by molar-refractivity contribution is 0.104. The van der Waals surface area contributed by atoms with Crippen LogP contribution in [0, 0.1) is 6.92 Å². The summed E-state index contributed by atoms with van der Waals surface area (Å²) in [7, 11) is 0. The van der Waals surface area contributed by atoms with Crippen LogP contribution in [-0.2, 0) is 0 Å². The highest BCUT2D eigenvalue weighted by Gasteiger charge is 2.13. The zero-order valence-electron chi connectivity index (χ0n) is 8.03. The van der Waals surface area contributed by atoms with Gasteiger partial charge in [-0.1, -0.05) is 11.6 Å². The summed E-state index contributed by atoms with van der Waals surface area (Å²) in [6.07, 6.45) is 3.30. The molecule has 0 aliphatic carbocycles. The number of pyridine rings is 1. The molecule has 0 aliphatic rings. The van der Waals surface area contributed by atoms with Crippen molar-refractivity contribution in [1.82, 2.24) is 4.98 Å². The van der Waals surface area contributed by atoms with Crippen LogP contribution >= 0.6 is 22.9 Å². The van der Waals surface area contributed by atoms with Gasteiger partial charge in [-0.25, -0.2) is 0 Å². The van der Waals surface area contributed by atoms with E-state index in [1.54, 1.807) is 30.6 Å². The van der Waals surface area contributed by atoms with Crippen molar-refractivity contribution >= 4 is 28.7 Å². The van der Waals surface area contributed by atoms with Gasteiger partial charge in [0.15, 0.2) is 0 Å². The molecule has 0 atom stereocenters. The Kier molecular flexibility index (Phi) is 2.84. The predicted molar refractivity (Wildman–Crippen MR) is 61.7 cm³/mol. The summed E-state index contributed by atoms with van der Waals surface area (Å²) < 4.78 is 0.630. The highest BCUT2D eigenvalue weighted by atomic mass is 35.5. The molecular formula is C11H8ClNOS. The maximum absolute atomic E-state index is 12.0. The third-order valence-electron chi connectivity index (χ3n) is 2.06. The zero-order valence-corrected chi connectivity index (χ0v) is 9.60. The Hall–Kier alpha value is -1.19. The Morgan fingerprint density at radius 2 is 2.20 bits per heavy atom. The van der Waals surface area contributed by atoms with Gasteiger partial charge in [-0.05, 0) is 30.7 Å². The molecule has 2 heterocycles. The van der Waals surface area contributed by atoms with Gasteiger partial charge in [0.1, 0.15) is 0 Å². The van der Waals surface area contributed by atoms with Crippen molar-refractivity contribution in [3.8, 4) is 0 Å². The van der Waals surface area contributed by atoms with Crippen molar-refractivity contribution in [2.45, 2.75) is 6.92 Å². The molecule has 0 aromatic carbocycles. The SMILES string of the molecule is Cc1cnccc1C(=O)c1ccc(Cl)s1. The molecular weight excluding hydrogens is 230 g/mol. The lowest BCUT2D eigenvalue weighted by Gasteiger charge is -2.00. The second-order valence-electron chi connectivity index (χ2n) is 3.12. The maximum Gasteiger partial charge on any atom is 0.203 e. The molecule has 76 valence electrons. The average Bonchev–Trinajstić information content (AvgIpc) is 2.65. The van der Waals surface area contributed by atoms with Gasteiger partial charge >= 0.3 is 0 Å². The van der Waals surface area contributed by atoms with Crippen molar-refractivity contribution in [1.29, 1.82) is 0 Å². The number of thiophene rings is 1. The topological polar surface area (TPSA) is 30.0 Å². The summed E-state index contributed by atoms with van der Waals surface area (Å²) >= 11 is 7.08. The summed E-state index contributed by atoms with van der Waals surface area (Å²) in [5, 5.41) is 0. The molecule has 2 aromatic heterocycles. The van der Waals surface area contributed by atoms with Gasteiger partial charge in [0.25, 0.3) is 0 Å². The molecule has 0 N–H and O–H groups in total. The lowest BCUT2D eigenvalue weighted by Crippen LogP contribution is -2.01. The molecule has 0 aliphatic heterocycles. The highest BCUT2D eigenvalue weighted by Crippen LogP contribution is 2.24. The summed E-state index contributed by atoms with van der Waals surface area (Å²) in [5.41, 5.74) is 1.57. The standard InChI is InChI=1S/C11H8ClNOS/c1-7-6-13-5-4-8(7)11(14)9-2-3-10(12)15-9/h2-6H,1H3. The number of nitrogens with zero attached hydrogens (tertiary/aromatic N) is 1. The van der Waals surface area contributed by atoms with Crippen molar-refractivity contribution in [3.05, 3.63) is 50.9 Å². The lowest BCUT2D eigenvalue weighted by atomic mass is 10.1. The molecule has 0 bridgehead atoms. The van der Waals surface area contributed by atoms with E-state index in [0.29, 0.717) is 14.8 Å². The summed E-state index contributed by atoms with van der Waals surface area (Å²) in [4.78, 5) is 16.6. The van der Waals surface area contributed by atoms with E-state index >= 15 is 0 Å². The molecule has 0 saturated heterocycles. The normalized spacial score (nSPS) is 10.3. The third kappa shape index (κ3) is 2.08. The Morgan fingerprint density at radius 3 is 2.80 bits per heavy atom. The van der Waals surface area contributed by atoms with E-state index in [4.69, 9.17) is 11.6 Å². The van der Waals surface area contributed by atoms with E-state index in [2.05, 4.69) is 4.98 Å². The fraction of sp³-hybridized carbons (Fsp3) is 0.0909. The van der Waals surface area contributed by atoms with E-state index in [1.807, 2.05) is 6.92 Å². The molecule has 2 rings (SSSR count). The zero-order chi connectivity index (χ0) is 10.8. The van der Waals surface area contributed by atoms with Crippen LogP contribution in [0.25, 0.3) is 0 Å². The Bertz CT molecular complexity index is 507. The molecule has 0 radical (unpaired) electrons. The van der Waals surface area contributed by atoms with Crippen molar-refractivity contribution < 1.29 is 4.79 Å². The van der Waals surface area contributed by atoms with E-state index < -0.39 is 0 Å². The van der Waals surface area contributed by atoms with Crippen LogP contribution in [0.2, 0.25) is 4.34 Å². The quantitative estimate of drug-likeness (QED) is 0.750. The van der Waals surface area contributed by atoms with Gasteiger partial charge in [-0.15, -0.1) is 11.3 Å². The maximum atomic E-state index is 12.0. The van der Waals surface area contributed by atoms with Gasteiger partial charge < -0.3 is 0 Å². The average molecular weight is 238 g/mol. The number of hydrogen-bond acceptors (Lipinski definition) is 3.